The maximum absolute atomic E-state index is 12.9. The van der Waals surface area contributed by atoms with Crippen LogP contribution in [0.1, 0.15) is 29.7 Å². The molecule has 160 valence electrons. The quantitative estimate of drug-likeness (QED) is 0.675. The van der Waals surface area contributed by atoms with E-state index in [0.29, 0.717) is 18.7 Å². The number of nitrogens with zero attached hydrogens (tertiary/aromatic N) is 3. The molecule has 31 heavy (non-hydrogen) atoms. The van der Waals surface area contributed by atoms with Gasteiger partial charge in [0.1, 0.15) is 11.3 Å². The average molecular weight is 438 g/mol. The van der Waals surface area contributed by atoms with Gasteiger partial charge in [-0.2, -0.15) is 0 Å². The number of aliphatic imine (C=N–C) groups is 1. The number of aromatic nitrogens is 2. The molecule has 0 fully saturated rings. The van der Waals surface area contributed by atoms with Crippen molar-refractivity contribution in [3.63, 3.8) is 0 Å². The number of benzene rings is 2. The molecular weight excluding hydrogens is 414 g/mol. The number of ether oxygens (including phenoxy) is 1. The summed E-state index contributed by atoms with van der Waals surface area (Å²) in [4.78, 5) is 30.9. The lowest BCUT2D eigenvalue weighted by Crippen LogP contribution is -2.40. The maximum atomic E-state index is 12.9. The summed E-state index contributed by atoms with van der Waals surface area (Å²) in [6.07, 6.45) is 0.411. The minimum Gasteiger partial charge on any atom is -0.494 e. The van der Waals surface area contributed by atoms with Crippen LogP contribution < -0.4 is 16.0 Å². The highest BCUT2D eigenvalue weighted by atomic mass is 32.2. The van der Waals surface area contributed by atoms with Crippen molar-refractivity contribution in [3.05, 3.63) is 80.5 Å². The number of fused-ring (bicyclic) bond motifs is 1. The first-order chi connectivity index (χ1) is 14.9. The third-order valence-electron chi connectivity index (χ3n) is 5.25. The van der Waals surface area contributed by atoms with Crippen LogP contribution in [0.5, 0.6) is 11.6 Å². The van der Waals surface area contributed by atoms with Crippen LogP contribution in [0.4, 0.5) is 5.69 Å². The van der Waals surface area contributed by atoms with E-state index in [1.807, 2.05) is 55.5 Å². The van der Waals surface area contributed by atoms with Gasteiger partial charge in [-0.15, -0.1) is 11.8 Å². The monoisotopic (exact) mass is 437 g/mol. The standard InChI is InChI=1S/C23H23N3O4S/c1-4-30-15-11-9-14(10-12-15)19-13-17(24-16-7-5-6-8-18(16)31-19)20-21(27)25(2)23(29)26(3)22(20)28/h5-12,19,27H,4,13H2,1-3H3. The Morgan fingerprint density at radius 3 is 2.52 bits per heavy atom. The summed E-state index contributed by atoms with van der Waals surface area (Å²) in [5, 5.41) is 10.6. The first-order valence-corrected chi connectivity index (χ1v) is 10.8. The molecule has 2 aromatic carbocycles. The van der Waals surface area contributed by atoms with Crippen molar-refractivity contribution >= 4 is 23.2 Å². The van der Waals surface area contributed by atoms with Crippen LogP contribution in [0, 0.1) is 0 Å². The summed E-state index contributed by atoms with van der Waals surface area (Å²) < 4.78 is 7.61. The lowest BCUT2D eigenvalue weighted by molar-refractivity contribution is 0.340. The predicted octanol–water partition coefficient (Wildman–Crippen LogP) is 3.55. The zero-order valence-electron chi connectivity index (χ0n) is 17.5. The van der Waals surface area contributed by atoms with Gasteiger partial charge in [-0.1, -0.05) is 24.3 Å². The fourth-order valence-corrected chi connectivity index (χ4v) is 4.82. The fourth-order valence-electron chi connectivity index (χ4n) is 3.59. The normalized spacial score (nSPS) is 15.7. The van der Waals surface area contributed by atoms with Crippen molar-refractivity contribution in [2.45, 2.75) is 23.5 Å². The van der Waals surface area contributed by atoms with Crippen LogP contribution in [0.2, 0.25) is 0 Å². The highest BCUT2D eigenvalue weighted by molar-refractivity contribution is 7.99. The molecule has 1 N–H and O–H groups in total. The first kappa shape index (κ1) is 21.0. The van der Waals surface area contributed by atoms with Crippen molar-refractivity contribution in [2.24, 2.45) is 19.1 Å². The molecule has 2 heterocycles. The highest BCUT2D eigenvalue weighted by Gasteiger charge is 2.27. The number of aromatic hydroxyl groups is 1. The summed E-state index contributed by atoms with van der Waals surface area (Å²) in [5.74, 6) is 0.422. The van der Waals surface area contributed by atoms with E-state index in [-0.39, 0.29) is 16.7 Å². The smallest absolute Gasteiger partial charge is 0.333 e. The van der Waals surface area contributed by atoms with Gasteiger partial charge in [-0.05, 0) is 36.8 Å². The number of thioether (sulfide) groups is 1. The summed E-state index contributed by atoms with van der Waals surface area (Å²) in [7, 11) is 2.84. The molecule has 1 unspecified atom stereocenters. The van der Waals surface area contributed by atoms with E-state index in [4.69, 9.17) is 9.73 Å². The van der Waals surface area contributed by atoms with Gasteiger partial charge in [0, 0.05) is 30.7 Å². The molecule has 4 rings (SSSR count). The predicted molar refractivity (Wildman–Crippen MR) is 122 cm³/mol. The fraction of sp³-hybridized carbons (Fsp3) is 0.261. The second kappa shape index (κ2) is 8.47. The van der Waals surface area contributed by atoms with Crippen molar-refractivity contribution in [1.82, 2.24) is 9.13 Å². The molecule has 1 aromatic heterocycles. The Bertz CT molecular complexity index is 1280. The number of hydrogen-bond donors (Lipinski definition) is 1. The molecular formula is C23H23N3O4S. The molecule has 0 saturated carbocycles. The molecule has 1 aliphatic heterocycles. The van der Waals surface area contributed by atoms with E-state index in [1.54, 1.807) is 11.8 Å². The van der Waals surface area contributed by atoms with E-state index < -0.39 is 11.2 Å². The molecule has 1 aliphatic rings. The van der Waals surface area contributed by atoms with Gasteiger partial charge < -0.3 is 9.84 Å². The molecule has 0 radical (unpaired) electrons. The van der Waals surface area contributed by atoms with Crippen molar-refractivity contribution in [1.29, 1.82) is 0 Å². The molecule has 3 aromatic rings. The van der Waals surface area contributed by atoms with Gasteiger partial charge in [-0.25, -0.2) is 4.79 Å². The minimum atomic E-state index is -0.585. The Kier molecular flexibility index (Phi) is 5.73. The Morgan fingerprint density at radius 2 is 1.81 bits per heavy atom. The zero-order chi connectivity index (χ0) is 22.1. The number of rotatable bonds is 4. The van der Waals surface area contributed by atoms with Crippen LogP contribution in [-0.2, 0) is 14.1 Å². The SMILES string of the molecule is CCOc1ccc(C2CC(c3c(O)n(C)c(=O)n(C)c3=O)=Nc3ccccc3S2)cc1. The molecule has 0 saturated heterocycles. The van der Waals surface area contributed by atoms with Gasteiger partial charge in [0.2, 0.25) is 5.88 Å². The first-order valence-electron chi connectivity index (χ1n) is 9.96. The van der Waals surface area contributed by atoms with Gasteiger partial charge >= 0.3 is 5.69 Å². The van der Waals surface area contributed by atoms with E-state index >= 15 is 0 Å². The maximum Gasteiger partial charge on any atom is 0.333 e. The molecule has 0 spiro atoms. The van der Waals surface area contributed by atoms with Crippen molar-refractivity contribution < 1.29 is 9.84 Å². The molecule has 8 heteroatoms. The van der Waals surface area contributed by atoms with E-state index in [0.717, 1.165) is 31.0 Å². The Morgan fingerprint density at radius 1 is 1.10 bits per heavy atom. The summed E-state index contributed by atoms with van der Waals surface area (Å²) >= 11 is 1.66. The van der Waals surface area contributed by atoms with Crippen LogP contribution >= 0.6 is 11.8 Å². The topological polar surface area (TPSA) is 85.8 Å². The number of para-hydroxylation sites is 1. The zero-order valence-corrected chi connectivity index (χ0v) is 18.3. The lowest BCUT2D eigenvalue weighted by atomic mass is 10.0. The Hall–Kier alpha value is -3.26. The van der Waals surface area contributed by atoms with Gasteiger partial charge in [-0.3, -0.25) is 18.9 Å². The molecule has 0 bridgehead atoms. The third-order valence-corrected chi connectivity index (χ3v) is 6.58. The molecule has 7 nitrogen and oxygen atoms in total. The molecule has 0 aliphatic carbocycles. The van der Waals surface area contributed by atoms with Gasteiger partial charge in [0.05, 0.1) is 18.0 Å². The second-order valence-corrected chi connectivity index (χ2v) is 8.49. The number of hydrogen-bond acceptors (Lipinski definition) is 6. The summed E-state index contributed by atoms with van der Waals surface area (Å²) in [6, 6.07) is 15.6. The van der Waals surface area contributed by atoms with Gasteiger partial charge in [0.25, 0.3) is 5.56 Å². The summed E-state index contributed by atoms with van der Waals surface area (Å²) in [6.45, 7) is 2.53. The van der Waals surface area contributed by atoms with Crippen molar-refractivity contribution in [3.8, 4) is 11.6 Å². The third kappa shape index (κ3) is 3.90. The van der Waals surface area contributed by atoms with Crippen molar-refractivity contribution in [2.75, 3.05) is 6.61 Å². The van der Waals surface area contributed by atoms with Crippen LogP contribution in [0.25, 0.3) is 0 Å². The van der Waals surface area contributed by atoms with E-state index in [9.17, 15) is 14.7 Å². The lowest BCUT2D eigenvalue weighted by Gasteiger charge is -2.17. The Labute approximate surface area is 183 Å². The summed E-state index contributed by atoms with van der Waals surface area (Å²) in [5.41, 5.74) is 1.14. The minimum absolute atomic E-state index is 0.0422. The largest absolute Gasteiger partial charge is 0.494 e. The van der Waals surface area contributed by atoms with E-state index in [2.05, 4.69) is 0 Å². The van der Waals surface area contributed by atoms with Gasteiger partial charge in [0.15, 0.2) is 0 Å². The highest BCUT2D eigenvalue weighted by Crippen LogP contribution is 2.45. The van der Waals surface area contributed by atoms with Crippen LogP contribution in [0.3, 0.4) is 0 Å². The van der Waals surface area contributed by atoms with Crippen LogP contribution in [-0.4, -0.2) is 26.6 Å². The second-order valence-electron chi connectivity index (χ2n) is 7.24. The van der Waals surface area contributed by atoms with Crippen LogP contribution in [0.15, 0.2) is 68.0 Å². The average Bonchev–Trinajstić information content (AvgIpc) is 2.97. The molecule has 1 atom stereocenters. The van der Waals surface area contributed by atoms with E-state index in [1.165, 1.54) is 14.1 Å². The molecule has 0 amide bonds. The Balaban J connectivity index is 1.86.